The first-order chi connectivity index (χ1) is 9.29. The summed E-state index contributed by atoms with van der Waals surface area (Å²) in [4.78, 5) is 10.2. The molecule has 20 heavy (non-hydrogen) atoms. The van der Waals surface area contributed by atoms with Crippen molar-refractivity contribution in [2.24, 2.45) is 0 Å². The molecule has 2 N–H and O–H groups in total. The number of nitro groups is 1. The number of aliphatic hydroxyl groups excluding tert-OH is 1. The molecule has 0 amide bonds. The van der Waals surface area contributed by atoms with Gasteiger partial charge >= 0.3 is 0 Å². The lowest BCUT2D eigenvalue weighted by atomic mass is 10.2. The molecule has 0 fully saturated rings. The van der Waals surface area contributed by atoms with Crippen LogP contribution >= 0.6 is 0 Å². The van der Waals surface area contributed by atoms with Gasteiger partial charge in [-0.25, -0.2) is 8.78 Å². The number of nitrogens with zero attached hydrogens (tertiary/aromatic N) is 1. The number of benzene rings is 1. The molecule has 1 aromatic carbocycles. The van der Waals surface area contributed by atoms with Gasteiger partial charge in [-0.3, -0.25) is 10.1 Å². The Morgan fingerprint density at radius 3 is 2.55 bits per heavy atom. The third-order valence-electron chi connectivity index (χ3n) is 2.28. The molecule has 0 radical (unpaired) electrons. The predicted molar refractivity (Wildman–Crippen MR) is 69.4 cm³/mol. The molecule has 0 saturated heterocycles. The van der Waals surface area contributed by atoms with Crippen molar-refractivity contribution in [1.29, 1.82) is 0 Å². The molecule has 0 aliphatic heterocycles. The summed E-state index contributed by atoms with van der Waals surface area (Å²) < 4.78 is 29.7. The molecular formula is C12H16F2N2O4. The molecule has 0 saturated carbocycles. The SMILES string of the molecule is CC(C)Oc1cc(NCC(O)C(F)F)cc([N+](=O)[O-])c1. The summed E-state index contributed by atoms with van der Waals surface area (Å²) >= 11 is 0. The Labute approximate surface area is 114 Å². The fourth-order valence-electron chi connectivity index (χ4n) is 1.44. The molecule has 1 aromatic rings. The van der Waals surface area contributed by atoms with Crippen LogP contribution in [0.25, 0.3) is 0 Å². The topological polar surface area (TPSA) is 84.6 Å². The minimum atomic E-state index is -2.88. The van der Waals surface area contributed by atoms with E-state index >= 15 is 0 Å². The van der Waals surface area contributed by atoms with E-state index in [1.54, 1.807) is 13.8 Å². The summed E-state index contributed by atoms with van der Waals surface area (Å²) in [5.74, 6) is 0.253. The standard InChI is InChI=1S/C12H16F2N2O4/c1-7(2)20-10-4-8(3-9(5-10)16(18)19)15-6-11(17)12(13)14/h3-5,7,11-12,15,17H,6H2,1-2H3. The number of hydrogen-bond acceptors (Lipinski definition) is 5. The van der Waals surface area contributed by atoms with Crippen molar-refractivity contribution in [3.8, 4) is 5.75 Å². The van der Waals surface area contributed by atoms with E-state index in [-0.39, 0.29) is 23.2 Å². The van der Waals surface area contributed by atoms with Crippen LogP contribution in [0.4, 0.5) is 20.2 Å². The fourth-order valence-corrected chi connectivity index (χ4v) is 1.44. The van der Waals surface area contributed by atoms with E-state index in [4.69, 9.17) is 9.84 Å². The van der Waals surface area contributed by atoms with E-state index in [1.165, 1.54) is 18.2 Å². The fraction of sp³-hybridized carbons (Fsp3) is 0.500. The molecule has 1 rings (SSSR count). The van der Waals surface area contributed by atoms with Crippen molar-refractivity contribution < 1.29 is 23.5 Å². The highest BCUT2D eigenvalue weighted by Gasteiger charge is 2.17. The van der Waals surface area contributed by atoms with Crippen LogP contribution in [-0.4, -0.2) is 35.2 Å². The maximum Gasteiger partial charge on any atom is 0.275 e. The molecule has 0 bridgehead atoms. The lowest BCUT2D eigenvalue weighted by Crippen LogP contribution is -2.26. The van der Waals surface area contributed by atoms with Gasteiger partial charge in [-0.15, -0.1) is 0 Å². The Hall–Kier alpha value is -1.96. The zero-order valence-corrected chi connectivity index (χ0v) is 11.0. The number of nitro benzene ring substituents is 1. The summed E-state index contributed by atoms with van der Waals surface area (Å²) in [6, 6.07) is 3.88. The Morgan fingerprint density at radius 2 is 2.05 bits per heavy atom. The number of nitrogens with one attached hydrogen (secondary N) is 1. The van der Waals surface area contributed by atoms with Gasteiger partial charge in [0.05, 0.1) is 17.1 Å². The highest BCUT2D eigenvalue weighted by Crippen LogP contribution is 2.26. The number of non-ortho nitro benzene ring substituents is 1. The molecular weight excluding hydrogens is 274 g/mol. The average molecular weight is 290 g/mol. The van der Waals surface area contributed by atoms with Gasteiger partial charge in [0.1, 0.15) is 11.9 Å². The quantitative estimate of drug-likeness (QED) is 0.595. The van der Waals surface area contributed by atoms with Gasteiger partial charge in [0.15, 0.2) is 0 Å². The van der Waals surface area contributed by atoms with Gasteiger partial charge in [0, 0.05) is 24.4 Å². The smallest absolute Gasteiger partial charge is 0.275 e. The minimum absolute atomic E-state index is 0.184. The van der Waals surface area contributed by atoms with Crippen LogP contribution in [0.15, 0.2) is 18.2 Å². The first-order valence-electron chi connectivity index (χ1n) is 5.96. The third kappa shape index (κ3) is 4.96. The van der Waals surface area contributed by atoms with E-state index in [9.17, 15) is 18.9 Å². The van der Waals surface area contributed by atoms with Crippen molar-refractivity contribution in [2.45, 2.75) is 32.5 Å². The number of ether oxygens (including phenoxy) is 1. The average Bonchev–Trinajstić information content (AvgIpc) is 2.34. The predicted octanol–water partition coefficient (Wildman–Crippen LogP) is 2.42. The van der Waals surface area contributed by atoms with Gasteiger partial charge in [-0.2, -0.15) is 0 Å². The molecule has 112 valence electrons. The highest BCUT2D eigenvalue weighted by molar-refractivity contribution is 5.56. The first-order valence-corrected chi connectivity index (χ1v) is 5.96. The highest BCUT2D eigenvalue weighted by atomic mass is 19.3. The maximum atomic E-state index is 12.2. The van der Waals surface area contributed by atoms with E-state index in [1.807, 2.05) is 0 Å². The molecule has 0 aliphatic carbocycles. The zero-order valence-electron chi connectivity index (χ0n) is 11.0. The van der Waals surface area contributed by atoms with Crippen LogP contribution in [0, 0.1) is 10.1 Å². The van der Waals surface area contributed by atoms with Crippen molar-refractivity contribution in [2.75, 3.05) is 11.9 Å². The number of halogens is 2. The molecule has 8 heteroatoms. The van der Waals surface area contributed by atoms with Gasteiger partial charge in [-0.05, 0) is 13.8 Å². The summed E-state index contributed by atoms with van der Waals surface area (Å²) in [6.07, 6.45) is -4.91. The lowest BCUT2D eigenvalue weighted by molar-refractivity contribution is -0.384. The van der Waals surface area contributed by atoms with Gasteiger partial charge in [-0.1, -0.05) is 0 Å². The van der Waals surface area contributed by atoms with Gasteiger partial charge < -0.3 is 15.2 Å². The zero-order chi connectivity index (χ0) is 15.3. The molecule has 0 heterocycles. The van der Waals surface area contributed by atoms with Crippen LogP contribution in [0.1, 0.15) is 13.8 Å². The number of alkyl halides is 2. The minimum Gasteiger partial charge on any atom is -0.491 e. The first kappa shape index (κ1) is 16.1. The Morgan fingerprint density at radius 1 is 1.40 bits per heavy atom. The van der Waals surface area contributed by atoms with Gasteiger partial charge in [0.25, 0.3) is 12.1 Å². The lowest BCUT2D eigenvalue weighted by Gasteiger charge is -2.14. The second kappa shape index (κ2) is 6.99. The van der Waals surface area contributed by atoms with Crippen molar-refractivity contribution in [3.05, 3.63) is 28.3 Å². The van der Waals surface area contributed by atoms with Crippen LogP contribution < -0.4 is 10.1 Å². The van der Waals surface area contributed by atoms with Gasteiger partial charge in [0.2, 0.25) is 0 Å². The number of hydrogen-bond donors (Lipinski definition) is 2. The number of rotatable bonds is 7. The maximum absolute atomic E-state index is 12.2. The molecule has 1 unspecified atom stereocenters. The monoisotopic (exact) mass is 290 g/mol. The van der Waals surface area contributed by atoms with E-state index in [0.717, 1.165) is 0 Å². The Kier molecular flexibility index (Phi) is 5.63. The summed E-state index contributed by atoms with van der Waals surface area (Å²) in [5, 5.41) is 22.3. The largest absolute Gasteiger partial charge is 0.491 e. The van der Waals surface area contributed by atoms with Crippen LogP contribution in [0.5, 0.6) is 5.75 Å². The van der Waals surface area contributed by atoms with Crippen LogP contribution in [0.2, 0.25) is 0 Å². The Balaban J connectivity index is 2.88. The van der Waals surface area contributed by atoms with E-state index < -0.39 is 24.0 Å². The molecule has 6 nitrogen and oxygen atoms in total. The van der Waals surface area contributed by atoms with Crippen molar-refractivity contribution in [1.82, 2.24) is 0 Å². The van der Waals surface area contributed by atoms with E-state index in [0.29, 0.717) is 0 Å². The second-order valence-electron chi connectivity index (χ2n) is 4.42. The van der Waals surface area contributed by atoms with Crippen LogP contribution in [0.3, 0.4) is 0 Å². The number of anilines is 1. The normalized spacial score (nSPS) is 12.6. The summed E-state index contributed by atoms with van der Waals surface area (Å²) in [7, 11) is 0. The Bertz CT molecular complexity index is 469. The molecule has 0 spiro atoms. The van der Waals surface area contributed by atoms with Crippen molar-refractivity contribution in [3.63, 3.8) is 0 Å². The number of aliphatic hydroxyl groups is 1. The van der Waals surface area contributed by atoms with Crippen LogP contribution in [-0.2, 0) is 0 Å². The van der Waals surface area contributed by atoms with E-state index in [2.05, 4.69) is 5.32 Å². The third-order valence-corrected chi connectivity index (χ3v) is 2.28. The molecule has 0 aromatic heterocycles. The summed E-state index contributed by atoms with van der Waals surface area (Å²) in [6.45, 7) is 3.10. The van der Waals surface area contributed by atoms with Crippen molar-refractivity contribution >= 4 is 11.4 Å². The second-order valence-corrected chi connectivity index (χ2v) is 4.42. The summed E-state index contributed by atoms with van der Waals surface area (Å²) in [5.41, 5.74) is 0.00624. The molecule has 0 aliphatic rings. The molecule has 1 atom stereocenters.